The Morgan fingerprint density at radius 2 is 1.68 bits per heavy atom. The molecule has 22 heavy (non-hydrogen) atoms. The molecule has 0 unspecified atom stereocenters. The van der Waals surface area contributed by atoms with Crippen molar-refractivity contribution in [1.29, 1.82) is 0 Å². The Hall–Kier alpha value is -2.48. The van der Waals surface area contributed by atoms with Crippen LogP contribution in [0.5, 0.6) is 0 Å². The zero-order valence-corrected chi connectivity index (χ0v) is 13.0. The summed E-state index contributed by atoms with van der Waals surface area (Å²) in [5, 5.41) is 16.7. The second-order valence-electron chi connectivity index (χ2n) is 5.56. The van der Waals surface area contributed by atoms with Crippen LogP contribution in [-0.2, 0) is 0 Å². The first-order chi connectivity index (χ1) is 10.2. The van der Waals surface area contributed by atoms with Crippen molar-refractivity contribution in [2.24, 2.45) is 0 Å². The number of rotatable bonds is 4. The number of nitrogens with zero attached hydrogens (tertiary/aromatic N) is 4. The lowest BCUT2D eigenvalue weighted by molar-refractivity contribution is -0.384. The van der Waals surface area contributed by atoms with Gasteiger partial charge in [-0.05, 0) is 44.5 Å². The summed E-state index contributed by atoms with van der Waals surface area (Å²) in [5.41, 5.74) is 0.388. The highest BCUT2D eigenvalue weighted by molar-refractivity contribution is 6.28. The number of nitro benzene ring substituents is 1. The molecule has 0 fully saturated rings. The number of hydrogen-bond acceptors (Lipinski definition) is 7. The summed E-state index contributed by atoms with van der Waals surface area (Å²) in [6, 6.07) is 5.90. The summed E-state index contributed by atoms with van der Waals surface area (Å²) < 4.78 is 0. The summed E-state index contributed by atoms with van der Waals surface area (Å²) in [4.78, 5) is 22.3. The Morgan fingerprint density at radius 3 is 2.23 bits per heavy atom. The average Bonchev–Trinajstić information content (AvgIpc) is 2.36. The minimum absolute atomic E-state index is 0.00863. The molecule has 0 spiro atoms. The van der Waals surface area contributed by atoms with E-state index in [1.807, 2.05) is 20.8 Å². The Labute approximate surface area is 132 Å². The number of non-ortho nitro benzene ring substituents is 1. The van der Waals surface area contributed by atoms with E-state index in [-0.39, 0.29) is 22.5 Å². The van der Waals surface area contributed by atoms with Gasteiger partial charge in [0, 0.05) is 23.4 Å². The standard InChI is InChI=1S/C13H15ClN6O2/c1-13(2,3)19-12-17-10(14)16-11(18-12)15-8-4-6-9(7-5-8)20(21)22/h4-7H,1-3H3,(H2,15,16,17,18,19). The van der Waals surface area contributed by atoms with E-state index in [0.717, 1.165) is 0 Å². The molecule has 0 aliphatic rings. The first-order valence-corrected chi connectivity index (χ1v) is 6.82. The molecule has 0 aliphatic heterocycles. The lowest BCUT2D eigenvalue weighted by Gasteiger charge is -2.20. The average molecular weight is 323 g/mol. The van der Waals surface area contributed by atoms with Crippen LogP contribution in [0.4, 0.5) is 23.3 Å². The first kappa shape index (κ1) is 15.9. The van der Waals surface area contributed by atoms with Gasteiger partial charge >= 0.3 is 0 Å². The number of aromatic nitrogens is 3. The molecule has 0 aliphatic carbocycles. The maximum atomic E-state index is 10.6. The van der Waals surface area contributed by atoms with Crippen molar-refractivity contribution in [3.63, 3.8) is 0 Å². The Bertz CT molecular complexity index is 684. The van der Waals surface area contributed by atoms with Crippen LogP contribution < -0.4 is 10.6 Å². The second-order valence-corrected chi connectivity index (χ2v) is 5.89. The van der Waals surface area contributed by atoms with Gasteiger partial charge in [0.25, 0.3) is 5.69 Å². The molecule has 2 rings (SSSR count). The molecule has 0 saturated carbocycles. The highest BCUT2D eigenvalue weighted by atomic mass is 35.5. The van der Waals surface area contributed by atoms with Crippen LogP contribution >= 0.6 is 11.6 Å². The highest BCUT2D eigenvalue weighted by Gasteiger charge is 2.13. The van der Waals surface area contributed by atoms with Gasteiger partial charge in [-0.15, -0.1) is 0 Å². The molecule has 0 bridgehead atoms. The predicted octanol–water partition coefficient (Wildman–Crippen LogP) is 3.39. The minimum Gasteiger partial charge on any atom is -0.349 e. The van der Waals surface area contributed by atoms with E-state index in [0.29, 0.717) is 11.6 Å². The summed E-state index contributed by atoms with van der Waals surface area (Å²) in [6.45, 7) is 5.90. The van der Waals surface area contributed by atoms with Gasteiger partial charge in [-0.3, -0.25) is 10.1 Å². The fraction of sp³-hybridized carbons (Fsp3) is 0.308. The van der Waals surface area contributed by atoms with Gasteiger partial charge in [0.2, 0.25) is 17.2 Å². The molecule has 1 heterocycles. The Balaban J connectivity index is 2.20. The molecule has 0 radical (unpaired) electrons. The minimum atomic E-state index is -0.463. The number of nitrogens with one attached hydrogen (secondary N) is 2. The molecule has 8 nitrogen and oxygen atoms in total. The molecule has 0 amide bonds. The van der Waals surface area contributed by atoms with Crippen LogP contribution in [-0.4, -0.2) is 25.4 Å². The third-order valence-electron chi connectivity index (χ3n) is 2.43. The van der Waals surface area contributed by atoms with E-state index in [1.165, 1.54) is 12.1 Å². The van der Waals surface area contributed by atoms with E-state index >= 15 is 0 Å². The van der Waals surface area contributed by atoms with E-state index in [4.69, 9.17) is 11.6 Å². The van der Waals surface area contributed by atoms with Crippen molar-refractivity contribution < 1.29 is 4.92 Å². The fourth-order valence-electron chi connectivity index (χ4n) is 1.59. The van der Waals surface area contributed by atoms with Crippen LogP contribution in [0, 0.1) is 10.1 Å². The summed E-state index contributed by atoms with van der Waals surface area (Å²) >= 11 is 5.88. The van der Waals surface area contributed by atoms with Crippen molar-refractivity contribution in [3.8, 4) is 0 Å². The van der Waals surface area contributed by atoms with Crippen molar-refractivity contribution in [1.82, 2.24) is 15.0 Å². The van der Waals surface area contributed by atoms with Crippen molar-refractivity contribution in [2.45, 2.75) is 26.3 Å². The van der Waals surface area contributed by atoms with Gasteiger partial charge < -0.3 is 10.6 Å². The summed E-state index contributed by atoms with van der Waals surface area (Å²) in [5.74, 6) is 0.595. The van der Waals surface area contributed by atoms with Crippen LogP contribution in [0.2, 0.25) is 5.28 Å². The summed E-state index contributed by atoms with van der Waals surface area (Å²) in [6.07, 6.45) is 0. The molecule has 116 valence electrons. The van der Waals surface area contributed by atoms with Crippen molar-refractivity contribution in [3.05, 3.63) is 39.7 Å². The van der Waals surface area contributed by atoms with Gasteiger partial charge in [0.05, 0.1) is 4.92 Å². The molecule has 1 aromatic heterocycles. The molecule has 2 N–H and O–H groups in total. The lowest BCUT2D eigenvalue weighted by atomic mass is 10.1. The predicted molar refractivity (Wildman–Crippen MR) is 84.6 cm³/mol. The molecule has 0 saturated heterocycles. The van der Waals surface area contributed by atoms with Crippen LogP contribution in [0.15, 0.2) is 24.3 Å². The number of anilines is 3. The van der Waals surface area contributed by atoms with Gasteiger partial charge in [0.1, 0.15) is 0 Å². The normalized spacial score (nSPS) is 11.1. The maximum Gasteiger partial charge on any atom is 0.269 e. The lowest BCUT2D eigenvalue weighted by Crippen LogP contribution is -2.27. The van der Waals surface area contributed by atoms with Crippen LogP contribution in [0.3, 0.4) is 0 Å². The van der Waals surface area contributed by atoms with E-state index in [9.17, 15) is 10.1 Å². The molecule has 2 aromatic rings. The Morgan fingerprint density at radius 1 is 1.09 bits per heavy atom. The number of benzene rings is 1. The third-order valence-corrected chi connectivity index (χ3v) is 2.60. The van der Waals surface area contributed by atoms with Crippen LogP contribution in [0.1, 0.15) is 20.8 Å². The largest absolute Gasteiger partial charge is 0.349 e. The van der Waals surface area contributed by atoms with Gasteiger partial charge in [-0.1, -0.05) is 0 Å². The molecular weight excluding hydrogens is 308 g/mol. The van der Waals surface area contributed by atoms with Gasteiger partial charge in [-0.25, -0.2) is 0 Å². The van der Waals surface area contributed by atoms with Gasteiger partial charge in [0.15, 0.2) is 0 Å². The number of nitro groups is 1. The smallest absolute Gasteiger partial charge is 0.269 e. The number of halogens is 1. The van der Waals surface area contributed by atoms with Crippen molar-refractivity contribution in [2.75, 3.05) is 10.6 Å². The van der Waals surface area contributed by atoms with E-state index in [2.05, 4.69) is 25.6 Å². The fourth-order valence-corrected chi connectivity index (χ4v) is 1.75. The van der Waals surface area contributed by atoms with E-state index in [1.54, 1.807) is 12.1 Å². The van der Waals surface area contributed by atoms with Crippen molar-refractivity contribution >= 4 is 34.9 Å². The SMILES string of the molecule is CC(C)(C)Nc1nc(Cl)nc(Nc2ccc([N+](=O)[O-])cc2)n1. The molecule has 9 heteroatoms. The van der Waals surface area contributed by atoms with Gasteiger partial charge in [-0.2, -0.15) is 15.0 Å². The molecular formula is C13H15ClN6O2. The zero-order chi connectivity index (χ0) is 16.3. The topological polar surface area (TPSA) is 106 Å². The third kappa shape index (κ3) is 4.52. The molecule has 1 aromatic carbocycles. The zero-order valence-electron chi connectivity index (χ0n) is 12.3. The highest BCUT2D eigenvalue weighted by Crippen LogP contribution is 2.20. The number of hydrogen-bond donors (Lipinski definition) is 2. The second kappa shape index (κ2) is 6.10. The molecule has 0 atom stereocenters. The quantitative estimate of drug-likeness (QED) is 0.656. The maximum absolute atomic E-state index is 10.6. The summed E-state index contributed by atoms with van der Waals surface area (Å²) in [7, 11) is 0. The first-order valence-electron chi connectivity index (χ1n) is 6.44. The Kier molecular flexibility index (Phi) is 4.41. The van der Waals surface area contributed by atoms with E-state index < -0.39 is 4.92 Å². The van der Waals surface area contributed by atoms with Crippen LogP contribution in [0.25, 0.3) is 0 Å². The monoisotopic (exact) mass is 322 g/mol.